The van der Waals surface area contributed by atoms with Crippen molar-refractivity contribution < 1.29 is 9.53 Å². The number of hydrogen-bond acceptors (Lipinski definition) is 7. The molecule has 164 valence electrons. The van der Waals surface area contributed by atoms with Gasteiger partial charge in [0.25, 0.3) is 0 Å². The summed E-state index contributed by atoms with van der Waals surface area (Å²) in [6.45, 7) is 8.75. The molecule has 0 saturated carbocycles. The van der Waals surface area contributed by atoms with Crippen LogP contribution in [0.25, 0.3) is 10.7 Å². The van der Waals surface area contributed by atoms with E-state index in [1.165, 1.54) is 11.8 Å². The van der Waals surface area contributed by atoms with Gasteiger partial charge in [0, 0.05) is 31.0 Å². The molecular formula is C22H27N5O2S2. The van der Waals surface area contributed by atoms with Gasteiger partial charge < -0.3 is 19.5 Å². The summed E-state index contributed by atoms with van der Waals surface area (Å²) in [6, 6.07) is 12.0. The van der Waals surface area contributed by atoms with Crippen LogP contribution in [0.3, 0.4) is 0 Å². The normalized spacial score (nSPS) is 18.9. The fourth-order valence-electron chi connectivity index (χ4n) is 3.74. The fraction of sp³-hybridized carbons (Fsp3) is 0.409. The lowest BCUT2D eigenvalue weighted by molar-refractivity contribution is -0.113. The van der Waals surface area contributed by atoms with E-state index in [-0.39, 0.29) is 23.9 Å². The lowest BCUT2D eigenvalue weighted by Crippen LogP contribution is -2.45. The Morgan fingerprint density at radius 3 is 2.58 bits per heavy atom. The van der Waals surface area contributed by atoms with Crippen molar-refractivity contribution in [3.8, 4) is 10.7 Å². The predicted octanol–water partition coefficient (Wildman–Crippen LogP) is 4.37. The molecule has 0 bridgehead atoms. The molecule has 1 fully saturated rings. The number of benzene rings is 1. The van der Waals surface area contributed by atoms with E-state index in [2.05, 4.69) is 53.3 Å². The third kappa shape index (κ3) is 5.28. The third-order valence-electron chi connectivity index (χ3n) is 5.04. The van der Waals surface area contributed by atoms with E-state index in [1.807, 2.05) is 34.2 Å². The van der Waals surface area contributed by atoms with Crippen molar-refractivity contribution >= 4 is 40.4 Å². The molecule has 3 heterocycles. The highest BCUT2D eigenvalue weighted by atomic mass is 32.2. The van der Waals surface area contributed by atoms with Crippen molar-refractivity contribution in [3.05, 3.63) is 41.8 Å². The number of anilines is 2. The van der Waals surface area contributed by atoms with Gasteiger partial charge in [0.15, 0.2) is 11.0 Å². The summed E-state index contributed by atoms with van der Waals surface area (Å²) in [5.74, 6) is 1.07. The summed E-state index contributed by atoms with van der Waals surface area (Å²) in [5.41, 5.74) is 1.94. The summed E-state index contributed by atoms with van der Waals surface area (Å²) < 4.78 is 7.85. The number of carbonyl (C=O) groups is 1. The number of morpholine rings is 1. The third-order valence-corrected chi connectivity index (χ3v) is 6.88. The monoisotopic (exact) mass is 457 g/mol. The molecule has 2 unspecified atom stereocenters. The highest BCUT2D eigenvalue weighted by Crippen LogP contribution is 2.27. The lowest BCUT2D eigenvalue weighted by Gasteiger charge is -2.36. The van der Waals surface area contributed by atoms with E-state index in [1.54, 1.807) is 11.3 Å². The molecule has 2 atom stereocenters. The van der Waals surface area contributed by atoms with E-state index < -0.39 is 0 Å². The van der Waals surface area contributed by atoms with Crippen LogP contribution in [0.15, 0.2) is 46.9 Å². The quantitative estimate of drug-likeness (QED) is 0.531. The van der Waals surface area contributed by atoms with Crippen LogP contribution in [0.4, 0.5) is 11.4 Å². The van der Waals surface area contributed by atoms with E-state index in [0.29, 0.717) is 0 Å². The Hall–Kier alpha value is -2.36. The van der Waals surface area contributed by atoms with Crippen molar-refractivity contribution in [2.45, 2.75) is 44.7 Å². The minimum Gasteiger partial charge on any atom is -0.372 e. The van der Waals surface area contributed by atoms with Gasteiger partial charge >= 0.3 is 0 Å². The van der Waals surface area contributed by atoms with Crippen molar-refractivity contribution in [2.24, 2.45) is 0 Å². The zero-order valence-electron chi connectivity index (χ0n) is 17.9. The highest BCUT2D eigenvalue weighted by Gasteiger charge is 2.22. The van der Waals surface area contributed by atoms with Crippen LogP contribution >= 0.6 is 23.1 Å². The number of carbonyl (C=O) groups excluding carboxylic acids is 1. The summed E-state index contributed by atoms with van der Waals surface area (Å²) in [7, 11) is 0. The van der Waals surface area contributed by atoms with Gasteiger partial charge in [-0.15, -0.1) is 21.5 Å². The molecule has 1 saturated heterocycles. The topological polar surface area (TPSA) is 72.3 Å². The molecule has 3 aromatic rings. The first kappa shape index (κ1) is 21.9. The van der Waals surface area contributed by atoms with Crippen molar-refractivity contribution in [1.82, 2.24) is 14.8 Å². The van der Waals surface area contributed by atoms with Gasteiger partial charge in [-0.1, -0.05) is 17.8 Å². The molecule has 1 aliphatic heterocycles. The van der Waals surface area contributed by atoms with Gasteiger partial charge in [0.1, 0.15) is 0 Å². The number of thiophene rings is 1. The van der Waals surface area contributed by atoms with Crippen LogP contribution in [-0.2, 0) is 16.1 Å². The van der Waals surface area contributed by atoms with E-state index in [4.69, 9.17) is 4.74 Å². The van der Waals surface area contributed by atoms with Gasteiger partial charge in [-0.3, -0.25) is 4.79 Å². The Bertz CT molecular complexity index is 994. The second kappa shape index (κ2) is 9.84. The first-order chi connectivity index (χ1) is 15.0. The number of hydrogen-bond donors (Lipinski definition) is 1. The minimum atomic E-state index is -0.0605. The maximum atomic E-state index is 12.5. The van der Waals surface area contributed by atoms with E-state index >= 15 is 0 Å². The Kier molecular flexibility index (Phi) is 6.94. The number of aromatic nitrogens is 3. The molecule has 0 spiro atoms. The van der Waals surface area contributed by atoms with Gasteiger partial charge in [-0.05, 0) is 56.5 Å². The number of rotatable bonds is 7. The SMILES string of the molecule is CCn1c(SCC(=O)Nc2ccc(N3CC(C)OC(C)C3)cc2)nnc1-c1cccs1. The number of nitrogens with zero attached hydrogens (tertiary/aromatic N) is 4. The van der Waals surface area contributed by atoms with Gasteiger partial charge in [-0.25, -0.2) is 0 Å². The van der Waals surface area contributed by atoms with Gasteiger partial charge in [0.2, 0.25) is 5.91 Å². The number of amides is 1. The molecule has 1 aromatic carbocycles. The van der Waals surface area contributed by atoms with Crippen LogP contribution in [-0.4, -0.2) is 51.7 Å². The van der Waals surface area contributed by atoms with Gasteiger partial charge in [0.05, 0.1) is 22.8 Å². The highest BCUT2D eigenvalue weighted by molar-refractivity contribution is 7.99. The van der Waals surface area contributed by atoms with Crippen LogP contribution in [0.5, 0.6) is 0 Å². The molecule has 9 heteroatoms. The van der Waals surface area contributed by atoms with Crippen molar-refractivity contribution in [1.29, 1.82) is 0 Å². The van der Waals surface area contributed by atoms with Crippen molar-refractivity contribution in [3.63, 3.8) is 0 Å². The van der Waals surface area contributed by atoms with Crippen LogP contribution in [0.2, 0.25) is 0 Å². The lowest BCUT2D eigenvalue weighted by atomic mass is 10.2. The first-order valence-corrected chi connectivity index (χ1v) is 12.3. The standard InChI is InChI=1S/C22H27N5O2S2/c1-4-27-21(19-6-5-11-30-19)24-25-22(27)31-14-20(28)23-17-7-9-18(10-8-17)26-12-15(2)29-16(3)13-26/h5-11,15-16H,4,12-14H2,1-3H3,(H,23,28). The Balaban J connectivity index is 1.33. The van der Waals surface area contributed by atoms with E-state index in [0.717, 1.165) is 46.9 Å². The summed E-state index contributed by atoms with van der Waals surface area (Å²) in [5, 5.41) is 14.4. The zero-order valence-corrected chi connectivity index (χ0v) is 19.6. The minimum absolute atomic E-state index is 0.0605. The van der Waals surface area contributed by atoms with Crippen molar-refractivity contribution in [2.75, 3.05) is 29.1 Å². The largest absolute Gasteiger partial charge is 0.372 e. The molecule has 0 radical (unpaired) electrons. The van der Waals surface area contributed by atoms with Crippen LogP contribution in [0, 0.1) is 0 Å². The molecule has 4 rings (SSSR count). The Morgan fingerprint density at radius 2 is 1.94 bits per heavy atom. The summed E-state index contributed by atoms with van der Waals surface area (Å²) in [6.07, 6.45) is 0.427. The predicted molar refractivity (Wildman–Crippen MR) is 127 cm³/mol. The maximum absolute atomic E-state index is 12.5. The second-order valence-electron chi connectivity index (χ2n) is 7.57. The fourth-order valence-corrected chi connectivity index (χ4v) is 5.26. The number of thioether (sulfide) groups is 1. The smallest absolute Gasteiger partial charge is 0.234 e. The molecule has 1 aliphatic rings. The Labute approximate surface area is 190 Å². The molecule has 7 nitrogen and oxygen atoms in total. The zero-order chi connectivity index (χ0) is 21.8. The van der Waals surface area contributed by atoms with E-state index in [9.17, 15) is 4.79 Å². The van der Waals surface area contributed by atoms with Crippen LogP contribution in [0.1, 0.15) is 20.8 Å². The second-order valence-corrected chi connectivity index (χ2v) is 9.46. The molecule has 0 aliphatic carbocycles. The molecule has 2 aromatic heterocycles. The summed E-state index contributed by atoms with van der Waals surface area (Å²) >= 11 is 3.04. The Morgan fingerprint density at radius 1 is 1.19 bits per heavy atom. The number of nitrogens with one attached hydrogen (secondary N) is 1. The summed E-state index contributed by atoms with van der Waals surface area (Å²) in [4.78, 5) is 15.9. The molecule has 31 heavy (non-hydrogen) atoms. The molecular weight excluding hydrogens is 430 g/mol. The van der Waals surface area contributed by atoms with Gasteiger partial charge in [-0.2, -0.15) is 0 Å². The average molecular weight is 458 g/mol. The first-order valence-electron chi connectivity index (χ1n) is 10.4. The number of ether oxygens (including phenoxy) is 1. The van der Waals surface area contributed by atoms with Crippen LogP contribution < -0.4 is 10.2 Å². The molecule has 1 N–H and O–H groups in total. The average Bonchev–Trinajstić information content (AvgIpc) is 3.41. The maximum Gasteiger partial charge on any atom is 0.234 e. The molecule has 1 amide bonds.